The molecule has 1 fully saturated rings. The fourth-order valence-electron chi connectivity index (χ4n) is 1.89. The summed E-state index contributed by atoms with van der Waals surface area (Å²) in [5.74, 6) is 1.25. The zero-order valence-corrected chi connectivity index (χ0v) is 13.2. The maximum Gasteiger partial charge on any atom is 0.188 e. The fourth-order valence-corrected chi connectivity index (χ4v) is 1.89. The molecule has 1 aliphatic heterocycles. The molecule has 0 saturated carbocycles. The minimum atomic E-state index is 0. The summed E-state index contributed by atoms with van der Waals surface area (Å²) in [6.45, 7) is 13.0. The first-order valence-electron chi connectivity index (χ1n) is 6.02. The van der Waals surface area contributed by atoms with E-state index in [0.29, 0.717) is 18.4 Å². The van der Waals surface area contributed by atoms with E-state index in [1.165, 1.54) is 19.5 Å². The molecule has 0 aromatic rings. The van der Waals surface area contributed by atoms with Crippen molar-refractivity contribution < 1.29 is 0 Å². The van der Waals surface area contributed by atoms with Crippen LogP contribution in [0, 0.1) is 5.92 Å². The van der Waals surface area contributed by atoms with Gasteiger partial charge in [0.05, 0.1) is 6.54 Å². The number of nitrogens with one attached hydrogen (secondary N) is 1. The van der Waals surface area contributed by atoms with Crippen LogP contribution in [0.1, 0.15) is 20.3 Å². The van der Waals surface area contributed by atoms with Crippen LogP contribution >= 0.6 is 24.0 Å². The van der Waals surface area contributed by atoms with Crippen molar-refractivity contribution in [3.05, 3.63) is 12.2 Å². The Morgan fingerprint density at radius 3 is 2.82 bits per heavy atom. The normalized spacial score (nSPS) is 21.1. The van der Waals surface area contributed by atoms with E-state index in [2.05, 4.69) is 28.7 Å². The highest BCUT2D eigenvalue weighted by Gasteiger charge is 2.20. The van der Waals surface area contributed by atoms with Crippen LogP contribution in [0.2, 0.25) is 0 Å². The third kappa shape index (κ3) is 6.88. The van der Waals surface area contributed by atoms with Crippen LogP contribution < -0.4 is 11.1 Å². The summed E-state index contributed by atoms with van der Waals surface area (Å²) in [7, 11) is 0. The predicted molar refractivity (Wildman–Crippen MR) is 84.9 cm³/mol. The Hall–Kier alpha value is -0.300. The minimum absolute atomic E-state index is 0. The molecule has 100 valence electrons. The van der Waals surface area contributed by atoms with E-state index in [-0.39, 0.29) is 24.0 Å². The SMILES string of the molecule is C=C(C)CN=C(N)NCC1CCN(CC)C1.I. The zero-order chi connectivity index (χ0) is 12.0. The molecular formula is C12H25IN4. The summed E-state index contributed by atoms with van der Waals surface area (Å²) < 4.78 is 0. The van der Waals surface area contributed by atoms with Crippen LogP contribution in [0.4, 0.5) is 0 Å². The van der Waals surface area contributed by atoms with E-state index in [1.807, 2.05) is 6.92 Å². The van der Waals surface area contributed by atoms with E-state index >= 15 is 0 Å². The Labute approximate surface area is 122 Å². The number of nitrogens with two attached hydrogens (primary N) is 1. The predicted octanol–water partition coefficient (Wildman–Crippen LogP) is 1.43. The molecule has 0 spiro atoms. The van der Waals surface area contributed by atoms with Gasteiger partial charge in [0, 0.05) is 13.1 Å². The summed E-state index contributed by atoms with van der Waals surface area (Å²) in [5.41, 5.74) is 6.78. The van der Waals surface area contributed by atoms with Gasteiger partial charge in [-0.05, 0) is 32.4 Å². The van der Waals surface area contributed by atoms with Crippen molar-refractivity contribution in [2.75, 3.05) is 32.7 Å². The molecule has 0 amide bonds. The topological polar surface area (TPSA) is 53.6 Å². The van der Waals surface area contributed by atoms with Gasteiger partial charge >= 0.3 is 0 Å². The van der Waals surface area contributed by atoms with Crippen molar-refractivity contribution in [3.8, 4) is 0 Å². The van der Waals surface area contributed by atoms with Crippen molar-refractivity contribution in [3.63, 3.8) is 0 Å². The maximum atomic E-state index is 5.75. The molecule has 0 radical (unpaired) electrons. The third-order valence-electron chi connectivity index (χ3n) is 2.91. The second-order valence-electron chi connectivity index (χ2n) is 4.59. The molecule has 1 heterocycles. The quantitative estimate of drug-likeness (QED) is 0.341. The molecule has 3 N–H and O–H groups in total. The van der Waals surface area contributed by atoms with Crippen LogP contribution in [0.3, 0.4) is 0 Å². The van der Waals surface area contributed by atoms with Gasteiger partial charge in [-0.1, -0.05) is 19.1 Å². The monoisotopic (exact) mass is 352 g/mol. The van der Waals surface area contributed by atoms with Gasteiger partial charge in [0.1, 0.15) is 0 Å². The molecule has 1 unspecified atom stereocenters. The zero-order valence-electron chi connectivity index (χ0n) is 10.9. The van der Waals surface area contributed by atoms with Gasteiger partial charge < -0.3 is 16.0 Å². The standard InChI is InChI=1S/C12H24N4.HI/c1-4-16-6-5-11(9-16)8-15-12(13)14-7-10(2)3;/h11H,2,4-9H2,1,3H3,(H3,13,14,15);1H. The minimum Gasteiger partial charge on any atom is -0.370 e. The number of hydrogen-bond acceptors (Lipinski definition) is 2. The smallest absolute Gasteiger partial charge is 0.188 e. The molecule has 1 atom stereocenters. The lowest BCUT2D eigenvalue weighted by atomic mass is 10.1. The van der Waals surface area contributed by atoms with Crippen molar-refractivity contribution in [2.24, 2.45) is 16.6 Å². The van der Waals surface area contributed by atoms with Crippen molar-refractivity contribution in [2.45, 2.75) is 20.3 Å². The Balaban J connectivity index is 0.00000256. The van der Waals surface area contributed by atoms with Crippen LogP contribution in [-0.2, 0) is 0 Å². The Kier molecular flexibility index (Phi) is 8.59. The molecule has 0 aromatic carbocycles. The Morgan fingerprint density at radius 2 is 2.29 bits per heavy atom. The first kappa shape index (κ1) is 16.7. The number of likely N-dealkylation sites (tertiary alicyclic amines) is 1. The molecule has 1 saturated heterocycles. The average molecular weight is 352 g/mol. The highest BCUT2D eigenvalue weighted by molar-refractivity contribution is 14.0. The number of aliphatic imine (C=N–C) groups is 1. The van der Waals surface area contributed by atoms with E-state index in [0.717, 1.165) is 18.7 Å². The van der Waals surface area contributed by atoms with Crippen molar-refractivity contribution in [1.82, 2.24) is 10.2 Å². The highest BCUT2D eigenvalue weighted by Crippen LogP contribution is 2.14. The summed E-state index contributed by atoms with van der Waals surface area (Å²) in [6.07, 6.45) is 1.26. The van der Waals surface area contributed by atoms with E-state index in [4.69, 9.17) is 5.73 Å². The molecule has 0 bridgehead atoms. The number of hydrogen-bond donors (Lipinski definition) is 2. The summed E-state index contributed by atoms with van der Waals surface area (Å²) in [4.78, 5) is 6.66. The molecule has 4 nitrogen and oxygen atoms in total. The van der Waals surface area contributed by atoms with E-state index in [1.54, 1.807) is 0 Å². The van der Waals surface area contributed by atoms with Crippen LogP contribution in [0.15, 0.2) is 17.1 Å². The van der Waals surface area contributed by atoms with Crippen molar-refractivity contribution in [1.29, 1.82) is 0 Å². The van der Waals surface area contributed by atoms with Gasteiger partial charge in [0.2, 0.25) is 0 Å². The Morgan fingerprint density at radius 1 is 1.59 bits per heavy atom. The molecule has 5 heteroatoms. The number of halogens is 1. The summed E-state index contributed by atoms with van der Waals surface area (Å²) >= 11 is 0. The second-order valence-corrected chi connectivity index (χ2v) is 4.59. The van der Waals surface area contributed by atoms with E-state index < -0.39 is 0 Å². The van der Waals surface area contributed by atoms with Gasteiger partial charge in [-0.3, -0.25) is 0 Å². The Bertz CT molecular complexity index is 265. The lowest BCUT2D eigenvalue weighted by Crippen LogP contribution is -2.36. The average Bonchev–Trinajstić information content (AvgIpc) is 2.71. The van der Waals surface area contributed by atoms with Gasteiger partial charge in [0.15, 0.2) is 5.96 Å². The maximum absolute atomic E-state index is 5.75. The highest BCUT2D eigenvalue weighted by atomic mass is 127. The van der Waals surface area contributed by atoms with Crippen LogP contribution in [-0.4, -0.2) is 43.6 Å². The lowest BCUT2D eigenvalue weighted by molar-refractivity contribution is 0.342. The van der Waals surface area contributed by atoms with Crippen molar-refractivity contribution >= 4 is 29.9 Å². The molecular weight excluding hydrogens is 327 g/mol. The summed E-state index contributed by atoms with van der Waals surface area (Å²) in [5, 5.41) is 3.18. The van der Waals surface area contributed by atoms with Crippen LogP contribution in [0.5, 0.6) is 0 Å². The van der Waals surface area contributed by atoms with Gasteiger partial charge in [-0.2, -0.15) is 0 Å². The number of nitrogens with zero attached hydrogens (tertiary/aromatic N) is 2. The lowest BCUT2D eigenvalue weighted by Gasteiger charge is -2.14. The van der Waals surface area contributed by atoms with E-state index in [9.17, 15) is 0 Å². The molecule has 0 aromatic heterocycles. The number of rotatable bonds is 5. The summed E-state index contributed by atoms with van der Waals surface area (Å²) in [6, 6.07) is 0. The molecule has 1 rings (SSSR count). The fraction of sp³-hybridized carbons (Fsp3) is 0.750. The van der Waals surface area contributed by atoms with Gasteiger partial charge in [-0.25, -0.2) is 4.99 Å². The van der Waals surface area contributed by atoms with Crippen LogP contribution in [0.25, 0.3) is 0 Å². The van der Waals surface area contributed by atoms with Gasteiger partial charge in [-0.15, -0.1) is 24.0 Å². The number of guanidine groups is 1. The third-order valence-corrected chi connectivity index (χ3v) is 2.91. The van der Waals surface area contributed by atoms with Gasteiger partial charge in [0.25, 0.3) is 0 Å². The molecule has 0 aliphatic carbocycles. The first-order chi connectivity index (χ1) is 7.61. The molecule has 17 heavy (non-hydrogen) atoms. The second kappa shape index (κ2) is 8.74. The first-order valence-corrected chi connectivity index (χ1v) is 6.02. The molecule has 1 aliphatic rings. The largest absolute Gasteiger partial charge is 0.370 e.